The summed E-state index contributed by atoms with van der Waals surface area (Å²) >= 11 is 1.59. The summed E-state index contributed by atoms with van der Waals surface area (Å²) in [5.74, 6) is -0.152. The van der Waals surface area contributed by atoms with E-state index < -0.39 is 0 Å². The molecule has 2 heterocycles. The van der Waals surface area contributed by atoms with Gasteiger partial charge in [0.1, 0.15) is 5.01 Å². The van der Waals surface area contributed by atoms with Crippen LogP contribution >= 0.6 is 11.3 Å². The number of anilines is 1. The first-order valence-electron chi connectivity index (χ1n) is 8.29. The lowest BCUT2D eigenvalue weighted by atomic mass is 10.1. The fourth-order valence-electron chi connectivity index (χ4n) is 2.88. The molecule has 0 aliphatic rings. The van der Waals surface area contributed by atoms with Crippen molar-refractivity contribution in [3.8, 4) is 10.6 Å². The number of aromatic nitrogens is 2. The van der Waals surface area contributed by atoms with E-state index in [1.54, 1.807) is 17.5 Å². The van der Waals surface area contributed by atoms with E-state index >= 15 is 0 Å². The van der Waals surface area contributed by atoms with Gasteiger partial charge in [0.05, 0.1) is 16.8 Å². The first-order chi connectivity index (χ1) is 12.6. The molecule has 0 saturated heterocycles. The molecule has 0 spiro atoms. The summed E-state index contributed by atoms with van der Waals surface area (Å²) < 4.78 is 0. The number of benzene rings is 2. The highest BCUT2D eigenvalue weighted by Gasteiger charge is 2.12. The van der Waals surface area contributed by atoms with Crippen LogP contribution in [0.2, 0.25) is 0 Å². The fraction of sp³-hybridized carbons (Fsp3) is 0.0952. The van der Waals surface area contributed by atoms with Crippen molar-refractivity contribution in [3.05, 3.63) is 76.9 Å². The highest BCUT2D eigenvalue weighted by molar-refractivity contribution is 7.13. The molecule has 0 aliphatic heterocycles. The molecule has 0 radical (unpaired) electrons. The second-order valence-electron chi connectivity index (χ2n) is 6.19. The van der Waals surface area contributed by atoms with Crippen molar-refractivity contribution >= 4 is 33.8 Å². The molecule has 4 nitrogen and oxygen atoms in total. The Hall–Kier alpha value is -3.05. The fourth-order valence-corrected chi connectivity index (χ4v) is 3.53. The molecular formula is C21H17N3OS. The van der Waals surface area contributed by atoms with Gasteiger partial charge < -0.3 is 5.32 Å². The molecule has 4 rings (SSSR count). The number of hydrogen-bond donors (Lipinski definition) is 1. The van der Waals surface area contributed by atoms with Crippen LogP contribution in [-0.4, -0.2) is 15.9 Å². The maximum Gasteiger partial charge on any atom is 0.257 e. The van der Waals surface area contributed by atoms with Crippen LogP contribution in [0.15, 0.2) is 60.1 Å². The zero-order valence-corrected chi connectivity index (χ0v) is 15.3. The van der Waals surface area contributed by atoms with Crippen molar-refractivity contribution in [2.75, 3.05) is 5.32 Å². The number of aryl methyl sites for hydroxylation is 2. The average Bonchev–Trinajstić information content (AvgIpc) is 3.17. The Balaban J connectivity index is 1.60. The van der Waals surface area contributed by atoms with Gasteiger partial charge in [-0.25, -0.2) is 4.98 Å². The molecule has 2 aromatic carbocycles. The Morgan fingerprint density at radius 3 is 2.58 bits per heavy atom. The van der Waals surface area contributed by atoms with Crippen molar-refractivity contribution in [2.24, 2.45) is 0 Å². The minimum Gasteiger partial charge on any atom is -0.322 e. The third-order valence-corrected chi connectivity index (χ3v) is 5.05. The lowest BCUT2D eigenvalue weighted by Crippen LogP contribution is -2.14. The first-order valence-corrected chi connectivity index (χ1v) is 9.17. The predicted octanol–water partition coefficient (Wildman–Crippen LogP) is 5.23. The van der Waals surface area contributed by atoms with E-state index in [0.717, 1.165) is 38.4 Å². The van der Waals surface area contributed by atoms with E-state index in [-0.39, 0.29) is 5.91 Å². The lowest BCUT2D eigenvalue weighted by molar-refractivity contribution is 0.102. The van der Waals surface area contributed by atoms with Crippen LogP contribution in [0, 0.1) is 13.8 Å². The molecule has 1 N–H and O–H groups in total. The van der Waals surface area contributed by atoms with Gasteiger partial charge in [-0.2, -0.15) is 0 Å². The highest BCUT2D eigenvalue weighted by Crippen LogP contribution is 2.24. The molecule has 26 heavy (non-hydrogen) atoms. The van der Waals surface area contributed by atoms with Crippen LogP contribution in [0.4, 0.5) is 5.69 Å². The normalized spacial score (nSPS) is 10.8. The number of hydrogen-bond acceptors (Lipinski definition) is 4. The minimum absolute atomic E-state index is 0.152. The first kappa shape index (κ1) is 16.4. The monoisotopic (exact) mass is 359 g/mol. The van der Waals surface area contributed by atoms with Gasteiger partial charge in [-0.1, -0.05) is 11.6 Å². The molecule has 0 bridgehead atoms. The van der Waals surface area contributed by atoms with Crippen LogP contribution in [0.3, 0.4) is 0 Å². The van der Waals surface area contributed by atoms with Gasteiger partial charge in [0, 0.05) is 28.2 Å². The number of thiazole rings is 1. The van der Waals surface area contributed by atoms with Gasteiger partial charge in [-0.05, 0) is 56.3 Å². The number of fused-ring (bicyclic) bond motifs is 1. The summed E-state index contributed by atoms with van der Waals surface area (Å²) in [6, 6.07) is 15.7. The number of nitrogens with zero attached hydrogens (tertiary/aromatic N) is 2. The summed E-state index contributed by atoms with van der Waals surface area (Å²) in [7, 11) is 0. The lowest BCUT2D eigenvalue weighted by Gasteiger charge is -2.09. The van der Waals surface area contributed by atoms with Gasteiger partial charge in [-0.15, -0.1) is 11.3 Å². The van der Waals surface area contributed by atoms with Crippen LogP contribution in [0.5, 0.6) is 0 Å². The SMILES string of the molecule is Cc1ccc2nc(C)c(C(=O)Nc3ccc(-c4nccs4)cc3)cc2c1. The number of carbonyl (C=O) groups is 1. The van der Waals surface area contributed by atoms with Crippen molar-refractivity contribution in [2.45, 2.75) is 13.8 Å². The molecular weight excluding hydrogens is 342 g/mol. The molecule has 0 atom stereocenters. The van der Waals surface area contributed by atoms with Crippen molar-refractivity contribution in [3.63, 3.8) is 0 Å². The largest absolute Gasteiger partial charge is 0.322 e. The van der Waals surface area contributed by atoms with Crippen LogP contribution in [0.25, 0.3) is 21.5 Å². The van der Waals surface area contributed by atoms with Gasteiger partial charge >= 0.3 is 0 Å². The third-order valence-electron chi connectivity index (χ3n) is 4.23. The Labute approximate surface area is 155 Å². The van der Waals surface area contributed by atoms with Crippen molar-refractivity contribution in [1.29, 1.82) is 0 Å². The summed E-state index contributed by atoms with van der Waals surface area (Å²) in [5.41, 5.74) is 5.14. The zero-order valence-electron chi connectivity index (χ0n) is 14.5. The van der Waals surface area contributed by atoms with Crippen LogP contribution in [0.1, 0.15) is 21.6 Å². The number of nitrogens with one attached hydrogen (secondary N) is 1. The van der Waals surface area contributed by atoms with Gasteiger partial charge in [-0.3, -0.25) is 9.78 Å². The van der Waals surface area contributed by atoms with E-state index in [9.17, 15) is 4.79 Å². The quantitative estimate of drug-likeness (QED) is 0.545. The molecule has 0 fully saturated rings. The molecule has 1 amide bonds. The van der Waals surface area contributed by atoms with E-state index in [2.05, 4.69) is 15.3 Å². The van der Waals surface area contributed by atoms with E-state index in [0.29, 0.717) is 5.56 Å². The molecule has 128 valence electrons. The maximum atomic E-state index is 12.7. The highest BCUT2D eigenvalue weighted by atomic mass is 32.1. The van der Waals surface area contributed by atoms with E-state index in [4.69, 9.17) is 0 Å². The van der Waals surface area contributed by atoms with Gasteiger partial charge in [0.25, 0.3) is 5.91 Å². The van der Waals surface area contributed by atoms with Crippen molar-refractivity contribution < 1.29 is 4.79 Å². The average molecular weight is 359 g/mol. The topological polar surface area (TPSA) is 54.9 Å². The summed E-state index contributed by atoms with van der Waals surface area (Å²) in [6.45, 7) is 3.89. The molecule has 0 unspecified atom stereocenters. The predicted molar refractivity (Wildman–Crippen MR) is 107 cm³/mol. The van der Waals surface area contributed by atoms with Gasteiger partial charge in [0.15, 0.2) is 0 Å². The molecule has 0 aliphatic carbocycles. The number of amides is 1. The summed E-state index contributed by atoms with van der Waals surface area (Å²) in [4.78, 5) is 21.6. The summed E-state index contributed by atoms with van der Waals surface area (Å²) in [5, 5.41) is 6.84. The maximum absolute atomic E-state index is 12.7. The zero-order chi connectivity index (χ0) is 18.1. The van der Waals surface area contributed by atoms with Crippen LogP contribution in [-0.2, 0) is 0 Å². The Morgan fingerprint density at radius 2 is 1.85 bits per heavy atom. The van der Waals surface area contributed by atoms with Crippen LogP contribution < -0.4 is 5.32 Å². The Bertz CT molecular complexity index is 1090. The Kier molecular flexibility index (Phi) is 4.22. The second kappa shape index (κ2) is 6.69. The third kappa shape index (κ3) is 3.21. The second-order valence-corrected chi connectivity index (χ2v) is 7.08. The minimum atomic E-state index is -0.152. The van der Waals surface area contributed by atoms with E-state index in [1.807, 2.05) is 67.8 Å². The molecule has 5 heteroatoms. The number of rotatable bonds is 3. The number of pyridine rings is 1. The Morgan fingerprint density at radius 1 is 1.04 bits per heavy atom. The smallest absolute Gasteiger partial charge is 0.257 e. The molecule has 2 aromatic heterocycles. The molecule has 4 aromatic rings. The standard InChI is InChI=1S/C21H17N3OS/c1-13-3-8-19-16(11-13)12-18(14(2)23-19)20(25)24-17-6-4-15(5-7-17)21-22-9-10-26-21/h3-12H,1-2H3,(H,24,25). The summed E-state index contributed by atoms with van der Waals surface area (Å²) in [6.07, 6.45) is 1.78. The van der Waals surface area contributed by atoms with Gasteiger partial charge in [0.2, 0.25) is 0 Å². The van der Waals surface area contributed by atoms with E-state index in [1.165, 1.54) is 0 Å². The van der Waals surface area contributed by atoms with Crippen molar-refractivity contribution in [1.82, 2.24) is 9.97 Å². The number of carbonyl (C=O) groups excluding carboxylic acids is 1. The molecule has 0 saturated carbocycles.